The van der Waals surface area contributed by atoms with E-state index in [1.54, 1.807) is 31.2 Å². The van der Waals surface area contributed by atoms with Crippen molar-refractivity contribution in [2.45, 2.75) is 53.2 Å². The fraction of sp³-hybridized carbons (Fsp3) is 0.278. The minimum Gasteiger partial charge on any atom is -0.481 e. The van der Waals surface area contributed by atoms with E-state index in [0.717, 1.165) is 50.2 Å². The van der Waals surface area contributed by atoms with Crippen LogP contribution in [0.5, 0.6) is 0 Å². The van der Waals surface area contributed by atoms with Gasteiger partial charge in [0.2, 0.25) is 0 Å². The van der Waals surface area contributed by atoms with Crippen molar-refractivity contribution < 1.29 is 23.8 Å². The maximum absolute atomic E-state index is 14.2. The summed E-state index contributed by atoms with van der Waals surface area (Å²) >= 11 is 7.71. The van der Waals surface area contributed by atoms with Crippen LogP contribution < -0.4 is 9.62 Å². The van der Waals surface area contributed by atoms with Crippen molar-refractivity contribution in [3.8, 4) is 22.3 Å². The molecule has 1 aliphatic rings. The van der Waals surface area contributed by atoms with E-state index < -0.39 is 17.7 Å². The quantitative estimate of drug-likeness (QED) is 0.203. The number of carboxylic acid groups (broad SMARTS) is 1. The molecule has 2 N–H and O–H groups in total. The van der Waals surface area contributed by atoms with Crippen LogP contribution in [0.15, 0.2) is 66.7 Å². The van der Waals surface area contributed by atoms with Crippen molar-refractivity contribution in [3.05, 3.63) is 105 Å². The number of carbonyl (C=O) groups excluding carboxylic acids is 1. The second-order valence-electron chi connectivity index (χ2n) is 11.7. The van der Waals surface area contributed by atoms with Gasteiger partial charge in [0.05, 0.1) is 29.8 Å². The Balaban J connectivity index is 0.000000700. The van der Waals surface area contributed by atoms with Gasteiger partial charge in [-0.1, -0.05) is 53.9 Å². The third kappa shape index (κ3) is 7.69. The van der Waals surface area contributed by atoms with Gasteiger partial charge < -0.3 is 19.5 Å². The number of rotatable bonds is 6. The molecule has 1 aliphatic heterocycles. The molecule has 0 saturated carbocycles. The van der Waals surface area contributed by atoms with Gasteiger partial charge in [-0.05, 0) is 110 Å². The molecule has 6 nitrogen and oxygen atoms in total. The van der Waals surface area contributed by atoms with E-state index in [0.29, 0.717) is 17.3 Å². The largest absolute Gasteiger partial charge is 0.481 e. The third-order valence-corrected chi connectivity index (χ3v) is 8.71. The van der Waals surface area contributed by atoms with Crippen LogP contribution in [0.4, 0.5) is 15.8 Å². The van der Waals surface area contributed by atoms with Gasteiger partial charge in [-0.2, -0.15) is 0 Å². The summed E-state index contributed by atoms with van der Waals surface area (Å²) in [6, 6.07) is 19.0. The minimum absolute atomic E-state index is 0.0173. The highest BCUT2D eigenvalue weighted by molar-refractivity contribution is 7.99. The van der Waals surface area contributed by atoms with Gasteiger partial charge in [0.15, 0.2) is 0 Å². The number of nitrogens with one attached hydrogen (secondary N) is 1. The van der Waals surface area contributed by atoms with Crippen LogP contribution >= 0.6 is 23.5 Å². The molecule has 0 fully saturated rings. The lowest BCUT2D eigenvalue weighted by atomic mass is 9.81. The van der Waals surface area contributed by atoms with Gasteiger partial charge in [-0.3, -0.25) is 9.59 Å². The van der Waals surface area contributed by atoms with Crippen molar-refractivity contribution >= 4 is 46.8 Å². The average molecular weight is 649 g/mol. The lowest BCUT2D eigenvalue weighted by Crippen LogP contribution is -2.23. The number of methoxy groups -OCH3 is 1. The number of ether oxygens (including phenoxy) is 1. The predicted molar refractivity (Wildman–Crippen MR) is 184 cm³/mol. The Morgan fingerprint density at radius 1 is 1.02 bits per heavy atom. The molecule has 1 amide bonds. The Kier molecular flexibility index (Phi) is 10.6. The van der Waals surface area contributed by atoms with Gasteiger partial charge in [0.25, 0.3) is 5.91 Å². The number of aliphatic carboxylic acids is 1. The summed E-state index contributed by atoms with van der Waals surface area (Å²) in [5.41, 5.74) is 9.06. The van der Waals surface area contributed by atoms with Crippen molar-refractivity contribution in [2.24, 2.45) is 0 Å². The van der Waals surface area contributed by atoms with Crippen molar-refractivity contribution in [2.75, 3.05) is 23.0 Å². The first kappa shape index (κ1) is 34.0. The molecule has 0 aromatic heterocycles. The SMILES string of the molecule is COC(C)(C)C.CSN1Cc2cc(NC(=O)c3ccccc3F)ccc2-c2c(C)c(-c3ccc(Cl)cc3)c(CC(=O)O)c(C)c21. The lowest BCUT2D eigenvalue weighted by molar-refractivity contribution is -0.136. The molecule has 0 aliphatic carbocycles. The summed E-state index contributed by atoms with van der Waals surface area (Å²) in [5, 5.41) is 13.2. The Morgan fingerprint density at radius 3 is 2.24 bits per heavy atom. The maximum Gasteiger partial charge on any atom is 0.307 e. The van der Waals surface area contributed by atoms with Crippen LogP contribution in [0.25, 0.3) is 22.3 Å². The topological polar surface area (TPSA) is 78.9 Å². The molecule has 0 saturated heterocycles. The van der Waals surface area contributed by atoms with Gasteiger partial charge >= 0.3 is 5.97 Å². The summed E-state index contributed by atoms with van der Waals surface area (Å²) in [4.78, 5) is 24.7. The van der Waals surface area contributed by atoms with Crippen molar-refractivity contribution in [1.82, 2.24) is 0 Å². The monoisotopic (exact) mass is 648 g/mol. The van der Waals surface area contributed by atoms with Gasteiger partial charge in [0, 0.05) is 29.6 Å². The van der Waals surface area contributed by atoms with E-state index in [-0.39, 0.29) is 17.6 Å². The van der Waals surface area contributed by atoms with Crippen LogP contribution in [-0.4, -0.2) is 35.9 Å². The minimum atomic E-state index is -0.894. The van der Waals surface area contributed by atoms with Crippen LogP contribution in [0.3, 0.4) is 0 Å². The molecule has 4 aromatic rings. The first-order valence-electron chi connectivity index (χ1n) is 14.5. The molecule has 1 heterocycles. The molecule has 0 atom stereocenters. The van der Waals surface area contributed by atoms with E-state index in [1.165, 1.54) is 12.1 Å². The summed E-state index contributed by atoms with van der Waals surface area (Å²) in [6.07, 6.45) is 1.88. The van der Waals surface area contributed by atoms with Crippen molar-refractivity contribution in [1.29, 1.82) is 0 Å². The Labute approximate surface area is 273 Å². The number of fused-ring (bicyclic) bond motifs is 3. The molecule has 0 unspecified atom stereocenters. The molecule has 0 radical (unpaired) electrons. The van der Waals surface area contributed by atoms with Gasteiger partial charge in [0.1, 0.15) is 5.82 Å². The van der Waals surface area contributed by atoms with E-state index >= 15 is 0 Å². The molecular formula is C36H38ClFN2O4S. The van der Waals surface area contributed by atoms with Crippen molar-refractivity contribution in [3.63, 3.8) is 0 Å². The number of carboxylic acids is 1. The molecule has 9 heteroatoms. The summed E-state index contributed by atoms with van der Waals surface area (Å²) in [7, 11) is 1.71. The summed E-state index contributed by atoms with van der Waals surface area (Å²) in [5.74, 6) is -1.98. The number of hydrogen-bond acceptors (Lipinski definition) is 5. The van der Waals surface area contributed by atoms with E-state index in [1.807, 2.05) is 83.3 Å². The zero-order valence-corrected chi connectivity index (χ0v) is 28.1. The van der Waals surface area contributed by atoms with Crippen LogP contribution in [-0.2, 0) is 22.5 Å². The maximum atomic E-state index is 14.2. The predicted octanol–water partition coefficient (Wildman–Crippen LogP) is 9.34. The second kappa shape index (κ2) is 14.1. The Hall–Kier alpha value is -3.85. The highest BCUT2D eigenvalue weighted by Gasteiger charge is 2.30. The zero-order valence-electron chi connectivity index (χ0n) is 26.5. The van der Waals surface area contributed by atoms with Crippen LogP contribution in [0.1, 0.15) is 53.4 Å². The number of carbonyl (C=O) groups is 2. The molecule has 45 heavy (non-hydrogen) atoms. The number of nitrogens with zero attached hydrogens (tertiary/aromatic N) is 1. The third-order valence-electron chi connectivity index (χ3n) is 7.70. The molecule has 0 spiro atoms. The molecule has 0 bridgehead atoms. The number of halogens is 2. The highest BCUT2D eigenvalue weighted by Crippen LogP contribution is 2.50. The number of anilines is 2. The summed E-state index contributed by atoms with van der Waals surface area (Å²) in [6.45, 7) is 10.6. The van der Waals surface area contributed by atoms with E-state index in [4.69, 9.17) is 16.3 Å². The first-order valence-corrected chi connectivity index (χ1v) is 16.0. The standard InChI is InChI=1S/C31H26ClFN2O3S.C5H12O/c1-17-25(15-27(36)37)28(19-8-10-21(32)11-9-19)18(2)29-23-13-12-22(14-20(23)16-35(39-3)30(17)29)34-31(38)24-6-4-5-7-26(24)33;1-5(2,3)6-4/h4-14H,15-16H2,1-3H3,(H,34,38)(H,36,37);1-4H3. The Bertz CT molecular complexity index is 1740. The average Bonchev–Trinajstić information content (AvgIpc) is 2.99. The number of hydrogen-bond donors (Lipinski definition) is 2. The molecule has 236 valence electrons. The normalized spacial score (nSPS) is 12.1. The van der Waals surface area contributed by atoms with Crippen LogP contribution in [0.2, 0.25) is 5.02 Å². The first-order chi connectivity index (χ1) is 21.2. The highest BCUT2D eigenvalue weighted by atomic mass is 35.5. The second-order valence-corrected chi connectivity index (χ2v) is 13.0. The molecule has 5 rings (SSSR count). The summed E-state index contributed by atoms with van der Waals surface area (Å²) < 4.78 is 21.2. The Morgan fingerprint density at radius 2 is 1.67 bits per heavy atom. The molecule has 4 aromatic carbocycles. The zero-order chi connectivity index (χ0) is 33.1. The molecular weight excluding hydrogens is 611 g/mol. The fourth-order valence-electron chi connectivity index (χ4n) is 5.35. The van der Waals surface area contributed by atoms with E-state index in [2.05, 4.69) is 9.62 Å². The van der Waals surface area contributed by atoms with Gasteiger partial charge in [-0.25, -0.2) is 4.39 Å². The number of benzene rings is 4. The smallest absolute Gasteiger partial charge is 0.307 e. The lowest BCUT2D eigenvalue weighted by Gasteiger charge is -2.36. The number of amides is 1. The van der Waals surface area contributed by atoms with E-state index in [9.17, 15) is 19.1 Å². The van der Waals surface area contributed by atoms with Crippen LogP contribution in [0, 0.1) is 19.7 Å². The fourth-order valence-corrected chi connectivity index (χ4v) is 6.15. The van der Waals surface area contributed by atoms with Gasteiger partial charge in [-0.15, -0.1) is 0 Å².